The van der Waals surface area contributed by atoms with E-state index in [4.69, 9.17) is 0 Å². The Morgan fingerprint density at radius 2 is 0.643 bits per heavy atom. The summed E-state index contributed by atoms with van der Waals surface area (Å²) in [6.07, 6.45) is 32.2. The summed E-state index contributed by atoms with van der Waals surface area (Å²) < 4.78 is 0. The SMILES string of the molecule is CCCCCCCCC(CCC)CC(CCCCCCC)CCCCCCC. The lowest BCUT2D eigenvalue weighted by atomic mass is 9.82. The summed E-state index contributed by atoms with van der Waals surface area (Å²) in [5, 5.41) is 0. The number of unbranched alkanes of at least 4 members (excludes halogenated alkanes) is 13. The molecule has 0 heterocycles. The second-order valence-corrected chi connectivity index (χ2v) is 9.72. The monoisotopic (exact) mass is 394 g/mol. The lowest BCUT2D eigenvalue weighted by molar-refractivity contribution is 0.286. The lowest BCUT2D eigenvalue weighted by Gasteiger charge is -2.24. The summed E-state index contributed by atoms with van der Waals surface area (Å²) in [4.78, 5) is 0. The van der Waals surface area contributed by atoms with Crippen LogP contribution < -0.4 is 0 Å². The normalized spacial score (nSPS) is 12.8. The van der Waals surface area contributed by atoms with Crippen molar-refractivity contribution < 1.29 is 0 Å². The molecule has 0 bridgehead atoms. The Hall–Kier alpha value is 0. The highest BCUT2D eigenvalue weighted by atomic mass is 14.2. The van der Waals surface area contributed by atoms with Gasteiger partial charge >= 0.3 is 0 Å². The highest BCUT2D eigenvalue weighted by Gasteiger charge is 2.16. The van der Waals surface area contributed by atoms with Gasteiger partial charge in [-0.1, -0.05) is 163 Å². The van der Waals surface area contributed by atoms with Crippen molar-refractivity contribution in [3.05, 3.63) is 0 Å². The van der Waals surface area contributed by atoms with E-state index in [0.29, 0.717) is 0 Å². The van der Waals surface area contributed by atoms with Gasteiger partial charge in [-0.15, -0.1) is 0 Å². The van der Waals surface area contributed by atoms with Crippen molar-refractivity contribution >= 4 is 0 Å². The molecule has 0 aliphatic rings. The molecule has 0 spiro atoms. The highest BCUT2D eigenvalue weighted by Crippen LogP contribution is 2.30. The molecule has 0 radical (unpaired) electrons. The highest BCUT2D eigenvalue weighted by molar-refractivity contribution is 4.68. The summed E-state index contributed by atoms with van der Waals surface area (Å²) in [7, 11) is 0. The van der Waals surface area contributed by atoms with Crippen LogP contribution in [0.25, 0.3) is 0 Å². The molecule has 1 atom stereocenters. The Bertz CT molecular complexity index is 255. The fraction of sp³-hybridized carbons (Fsp3) is 1.00. The lowest BCUT2D eigenvalue weighted by Crippen LogP contribution is -2.10. The van der Waals surface area contributed by atoms with Crippen LogP contribution >= 0.6 is 0 Å². The van der Waals surface area contributed by atoms with E-state index in [9.17, 15) is 0 Å². The van der Waals surface area contributed by atoms with Crippen molar-refractivity contribution in [1.29, 1.82) is 0 Å². The van der Waals surface area contributed by atoms with Crippen molar-refractivity contribution in [3.8, 4) is 0 Å². The first-order valence-electron chi connectivity index (χ1n) is 13.8. The molecule has 0 aliphatic heterocycles. The number of hydrogen-bond donors (Lipinski definition) is 0. The van der Waals surface area contributed by atoms with Crippen LogP contribution in [0.5, 0.6) is 0 Å². The molecule has 170 valence electrons. The summed E-state index contributed by atoms with van der Waals surface area (Å²) in [5.74, 6) is 2.05. The van der Waals surface area contributed by atoms with Gasteiger partial charge < -0.3 is 0 Å². The smallest absolute Gasteiger partial charge is 0.0412 e. The van der Waals surface area contributed by atoms with Gasteiger partial charge in [0, 0.05) is 0 Å². The molecule has 1 unspecified atom stereocenters. The van der Waals surface area contributed by atoms with E-state index in [1.165, 1.54) is 135 Å². The Morgan fingerprint density at radius 1 is 0.321 bits per heavy atom. The van der Waals surface area contributed by atoms with Crippen LogP contribution in [-0.2, 0) is 0 Å². The first-order valence-corrected chi connectivity index (χ1v) is 13.8. The van der Waals surface area contributed by atoms with Crippen molar-refractivity contribution in [2.24, 2.45) is 11.8 Å². The van der Waals surface area contributed by atoms with Gasteiger partial charge in [-0.3, -0.25) is 0 Å². The van der Waals surface area contributed by atoms with Gasteiger partial charge in [0.05, 0.1) is 0 Å². The molecule has 28 heavy (non-hydrogen) atoms. The van der Waals surface area contributed by atoms with Gasteiger partial charge in [0.25, 0.3) is 0 Å². The third-order valence-corrected chi connectivity index (χ3v) is 6.76. The zero-order valence-electron chi connectivity index (χ0n) is 20.7. The molecule has 0 nitrogen and oxygen atoms in total. The van der Waals surface area contributed by atoms with E-state index in [1.54, 1.807) is 6.42 Å². The van der Waals surface area contributed by atoms with Crippen molar-refractivity contribution in [1.82, 2.24) is 0 Å². The molecule has 0 aliphatic carbocycles. The second-order valence-electron chi connectivity index (χ2n) is 9.72. The Kier molecular flexibility index (Phi) is 23.3. The average molecular weight is 395 g/mol. The molecule has 0 rings (SSSR count). The molecule has 0 saturated carbocycles. The standard InChI is InChI=1S/C28H58/c1-5-9-12-15-18-21-23-27(22-8-4)26-28(24-19-16-13-10-6-2)25-20-17-14-11-7-3/h27-28H,5-26H2,1-4H3. The summed E-state index contributed by atoms with van der Waals surface area (Å²) in [6, 6.07) is 0. The maximum absolute atomic E-state index is 2.40. The third kappa shape index (κ3) is 19.3. The predicted octanol–water partition coefficient (Wildman–Crippen LogP) is 10.9. The fourth-order valence-electron chi connectivity index (χ4n) is 4.93. The molecule has 0 aromatic carbocycles. The van der Waals surface area contributed by atoms with Crippen LogP contribution in [0, 0.1) is 11.8 Å². The van der Waals surface area contributed by atoms with Gasteiger partial charge in [0.15, 0.2) is 0 Å². The number of hydrogen-bond acceptors (Lipinski definition) is 0. The van der Waals surface area contributed by atoms with Crippen LogP contribution in [-0.4, -0.2) is 0 Å². The third-order valence-electron chi connectivity index (χ3n) is 6.76. The first-order chi connectivity index (χ1) is 13.8. The topological polar surface area (TPSA) is 0 Å². The summed E-state index contributed by atoms with van der Waals surface area (Å²) in [5.41, 5.74) is 0. The molecule has 0 amide bonds. The maximum atomic E-state index is 2.40. The number of rotatable bonds is 23. The molecule has 0 aromatic heterocycles. The van der Waals surface area contributed by atoms with E-state index < -0.39 is 0 Å². The summed E-state index contributed by atoms with van der Waals surface area (Å²) >= 11 is 0. The molecular weight excluding hydrogens is 336 g/mol. The van der Waals surface area contributed by atoms with E-state index >= 15 is 0 Å². The molecule has 0 fully saturated rings. The van der Waals surface area contributed by atoms with Crippen LogP contribution in [0.4, 0.5) is 0 Å². The Labute approximate surface area is 181 Å². The minimum atomic E-state index is 1.02. The Morgan fingerprint density at radius 3 is 1.00 bits per heavy atom. The van der Waals surface area contributed by atoms with E-state index in [0.717, 1.165) is 11.8 Å². The van der Waals surface area contributed by atoms with Crippen LogP contribution in [0.15, 0.2) is 0 Å². The fourth-order valence-corrected chi connectivity index (χ4v) is 4.93. The van der Waals surface area contributed by atoms with Gasteiger partial charge in [-0.05, 0) is 18.3 Å². The second kappa shape index (κ2) is 23.3. The van der Waals surface area contributed by atoms with Crippen molar-refractivity contribution in [2.45, 2.75) is 169 Å². The molecule has 0 saturated heterocycles. The maximum Gasteiger partial charge on any atom is -0.0412 e. The van der Waals surface area contributed by atoms with Gasteiger partial charge in [-0.25, -0.2) is 0 Å². The average Bonchev–Trinajstić information content (AvgIpc) is 2.70. The summed E-state index contributed by atoms with van der Waals surface area (Å²) in [6.45, 7) is 9.38. The van der Waals surface area contributed by atoms with Gasteiger partial charge in [-0.2, -0.15) is 0 Å². The molecule has 0 heteroatoms. The van der Waals surface area contributed by atoms with Gasteiger partial charge in [0.1, 0.15) is 0 Å². The van der Waals surface area contributed by atoms with Crippen LogP contribution in [0.2, 0.25) is 0 Å². The van der Waals surface area contributed by atoms with E-state index in [-0.39, 0.29) is 0 Å². The predicted molar refractivity (Wildman–Crippen MR) is 131 cm³/mol. The minimum Gasteiger partial charge on any atom is -0.0654 e. The molecular formula is C28H58. The Balaban J connectivity index is 4.25. The van der Waals surface area contributed by atoms with Crippen molar-refractivity contribution in [2.75, 3.05) is 0 Å². The van der Waals surface area contributed by atoms with Crippen LogP contribution in [0.3, 0.4) is 0 Å². The van der Waals surface area contributed by atoms with Crippen LogP contribution in [0.1, 0.15) is 169 Å². The quantitative estimate of drug-likeness (QED) is 0.151. The zero-order valence-corrected chi connectivity index (χ0v) is 20.7. The zero-order chi connectivity index (χ0) is 20.7. The molecule has 0 N–H and O–H groups in total. The van der Waals surface area contributed by atoms with E-state index in [1.807, 2.05) is 0 Å². The van der Waals surface area contributed by atoms with Gasteiger partial charge in [0.2, 0.25) is 0 Å². The largest absolute Gasteiger partial charge is 0.0654 e. The first kappa shape index (κ1) is 28.0. The van der Waals surface area contributed by atoms with Crippen molar-refractivity contribution in [3.63, 3.8) is 0 Å². The minimum absolute atomic E-state index is 1.02. The van der Waals surface area contributed by atoms with E-state index in [2.05, 4.69) is 27.7 Å². The molecule has 0 aromatic rings.